The zero-order valence-corrected chi connectivity index (χ0v) is 18.2. The Balaban J connectivity index is 0.00000341. The number of benzene rings is 2. The maximum Gasteiger partial charge on any atom is 0.194 e. The van der Waals surface area contributed by atoms with E-state index in [1.54, 1.807) is 30.5 Å². The summed E-state index contributed by atoms with van der Waals surface area (Å²) in [5.41, 5.74) is 6.99. The van der Waals surface area contributed by atoms with Crippen LogP contribution >= 0.6 is 12.4 Å². The van der Waals surface area contributed by atoms with Gasteiger partial charge in [-0.05, 0) is 54.8 Å². The smallest absolute Gasteiger partial charge is 0.194 e. The summed E-state index contributed by atoms with van der Waals surface area (Å²) in [6, 6.07) is 14.5. The number of aliphatic hydroxyl groups is 3. The number of aromatic nitrogens is 1. The zero-order chi connectivity index (χ0) is 21.6. The van der Waals surface area contributed by atoms with Gasteiger partial charge in [-0.15, -0.1) is 12.4 Å². The van der Waals surface area contributed by atoms with Gasteiger partial charge in [0.15, 0.2) is 5.89 Å². The molecule has 2 aromatic carbocycles. The van der Waals surface area contributed by atoms with Crippen LogP contribution in [0.4, 0.5) is 0 Å². The van der Waals surface area contributed by atoms with E-state index >= 15 is 0 Å². The highest BCUT2D eigenvalue weighted by atomic mass is 35.5. The number of aliphatic hydroxyl groups excluding tert-OH is 3. The lowest BCUT2D eigenvalue weighted by molar-refractivity contribution is 0.0618. The van der Waals surface area contributed by atoms with E-state index in [2.05, 4.69) is 11.9 Å². The molecule has 1 atom stereocenters. The number of rotatable bonds is 10. The molecule has 168 valence electrons. The molecule has 0 fully saturated rings. The first-order valence-corrected chi connectivity index (χ1v) is 9.97. The number of halogens is 1. The van der Waals surface area contributed by atoms with Crippen LogP contribution in [0.2, 0.25) is 0 Å². The SMILES string of the molecule is CCCc1nc(-c2ccc(Oc3ccc(C(O)CC(N)(CO)CO)cc3)cc2)co1.Cl. The molecule has 8 heteroatoms. The van der Waals surface area contributed by atoms with Gasteiger partial charge in [0.05, 0.1) is 24.9 Å². The summed E-state index contributed by atoms with van der Waals surface area (Å²) in [4.78, 5) is 4.48. The van der Waals surface area contributed by atoms with Gasteiger partial charge in [-0.3, -0.25) is 0 Å². The lowest BCUT2D eigenvalue weighted by Gasteiger charge is -2.27. The summed E-state index contributed by atoms with van der Waals surface area (Å²) in [7, 11) is 0. The van der Waals surface area contributed by atoms with Gasteiger partial charge in [0.1, 0.15) is 23.5 Å². The molecule has 0 saturated heterocycles. The molecule has 31 heavy (non-hydrogen) atoms. The summed E-state index contributed by atoms with van der Waals surface area (Å²) in [6.07, 6.45) is 2.61. The van der Waals surface area contributed by atoms with E-state index in [0.717, 1.165) is 30.0 Å². The molecule has 3 rings (SSSR count). The Morgan fingerprint density at radius 3 is 2.16 bits per heavy atom. The van der Waals surface area contributed by atoms with Crippen LogP contribution < -0.4 is 10.5 Å². The van der Waals surface area contributed by atoms with Crippen LogP contribution in [0.15, 0.2) is 59.2 Å². The molecular formula is C23H29ClN2O5. The summed E-state index contributed by atoms with van der Waals surface area (Å²) < 4.78 is 11.3. The molecule has 0 aliphatic carbocycles. The van der Waals surface area contributed by atoms with Crippen molar-refractivity contribution in [3.63, 3.8) is 0 Å². The second-order valence-electron chi connectivity index (χ2n) is 7.47. The van der Waals surface area contributed by atoms with E-state index in [-0.39, 0.29) is 18.8 Å². The predicted octanol–water partition coefficient (Wildman–Crippen LogP) is 3.61. The quantitative estimate of drug-likeness (QED) is 0.373. The van der Waals surface area contributed by atoms with Crippen LogP contribution in [0.1, 0.15) is 37.3 Å². The van der Waals surface area contributed by atoms with Gasteiger partial charge < -0.3 is 30.2 Å². The Bertz CT molecular complexity index is 924. The van der Waals surface area contributed by atoms with Crippen molar-refractivity contribution in [2.75, 3.05) is 13.2 Å². The number of hydrogen-bond donors (Lipinski definition) is 4. The first-order chi connectivity index (χ1) is 14.5. The van der Waals surface area contributed by atoms with Crippen molar-refractivity contribution >= 4 is 12.4 Å². The highest BCUT2D eigenvalue weighted by molar-refractivity contribution is 5.85. The molecule has 1 aromatic heterocycles. The minimum absolute atomic E-state index is 0. The molecule has 0 aliphatic rings. The number of aryl methyl sites for hydroxylation is 1. The number of nitrogens with two attached hydrogens (primary N) is 1. The van der Waals surface area contributed by atoms with E-state index in [0.29, 0.717) is 17.1 Å². The Kier molecular flexibility index (Phi) is 9.03. The maximum absolute atomic E-state index is 10.3. The maximum atomic E-state index is 10.3. The molecule has 0 aliphatic heterocycles. The van der Waals surface area contributed by atoms with E-state index in [1.165, 1.54) is 0 Å². The summed E-state index contributed by atoms with van der Waals surface area (Å²) >= 11 is 0. The Labute approximate surface area is 187 Å². The molecule has 5 N–H and O–H groups in total. The van der Waals surface area contributed by atoms with Crippen molar-refractivity contribution in [2.24, 2.45) is 5.73 Å². The normalized spacial score (nSPS) is 12.3. The van der Waals surface area contributed by atoms with Crippen LogP contribution in [-0.4, -0.2) is 39.1 Å². The summed E-state index contributed by atoms with van der Waals surface area (Å²) in [6.45, 7) is 1.26. The number of hydrogen-bond acceptors (Lipinski definition) is 7. The Morgan fingerprint density at radius 1 is 1.03 bits per heavy atom. The molecule has 1 heterocycles. The van der Waals surface area contributed by atoms with Crippen LogP contribution in [0.5, 0.6) is 11.5 Å². The van der Waals surface area contributed by atoms with Crippen LogP contribution in [0.25, 0.3) is 11.3 Å². The molecular weight excluding hydrogens is 420 g/mol. The van der Waals surface area contributed by atoms with Gasteiger partial charge in [-0.2, -0.15) is 0 Å². The first-order valence-electron chi connectivity index (χ1n) is 9.97. The van der Waals surface area contributed by atoms with Crippen molar-refractivity contribution < 1.29 is 24.5 Å². The molecule has 7 nitrogen and oxygen atoms in total. The van der Waals surface area contributed by atoms with E-state index in [4.69, 9.17) is 14.9 Å². The fourth-order valence-electron chi connectivity index (χ4n) is 3.04. The van der Waals surface area contributed by atoms with Crippen molar-refractivity contribution in [3.8, 4) is 22.8 Å². The van der Waals surface area contributed by atoms with Crippen molar-refractivity contribution in [2.45, 2.75) is 37.8 Å². The third kappa shape index (κ3) is 6.53. The molecule has 0 saturated carbocycles. The average molecular weight is 449 g/mol. The molecule has 0 amide bonds. The highest BCUT2D eigenvalue weighted by Crippen LogP contribution is 2.28. The predicted molar refractivity (Wildman–Crippen MR) is 120 cm³/mol. The number of ether oxygens (including phenoxy) is 1. The lowest BCUT2D eigenvalue weighted by atomic mass is 9.92. The molecule has 3 aromatic rings. The molecule has 0 radical (unpaired) electrons. The lowest BCUT2D eigenvalue weighted by Crippen LogP contribution is -2.48. The number of nitrogens with zero attached hydrogens (tertiary/aromatic N) is 1. The second-order valence-corrected chi connectivity index (χ2v) is 7.47. The van der Waals surface area contributed by atoms with Gasteiger partial charge >= 0.3 is 0 Å². The van der Waals surface area contributed by atoms with Crippen LogP contribution in [0.3, 0.4) is 0 Å². The molecule has 0 spiro atoms. The first kappa shape index (κ1) is 24.8. The van der Waals surface area contributed by atoms with Crippen molar-refractivity contribution in [1.29, 1.82) is 0 Å². The van der Waals surface area contributed by atoms with Gasteiger partial charge in [0.2, 0.25) is 0 Å². The zero-order valence-electron chi connectivity index (χ0n) is 17.4. The standard InChI is InChI=1S/C23H28N2O5.ClH/c1-2-3-22-25-20(13-29-22)16-4-8-18(9-5-16)30-19-10-6-17(7-11-19)21(28)12-23(24,14-26)15-27;/h4-11,13,21,26-28H,2-3,12,14-15,24H2,1H3;1H. The minimum atomic E-state index is -1.22. The molecule has 1 unspecified atom stereocenters. The minimum Gasteiger partial charge on any atom is -0.457 e. The van der Waals surface area contributed by atoms with Gasteiger partial charge in [-0.25, -0.2) is 4.98 Å². The monoisotopic (exact) mass is 448 g/mol. The topological polar surface area (TPSA) is 122 Å². The third-order valence-electron chi connectivity index (χ3n) is 4.90. The van der Waals surface area contributed by atoms with Crippen LogP contribution in [0, 0.1) is 0 Å². The van der Waals surface area contributed by atoms with E-state index in [9.17, 15) is 15.3 Å². The van der Waals surface area contributed by atoms with Gasteiger partial charge in [0.25, 0.3) is 0 Å². The van der Waals surface area contributed by atoms with E-state index < -0.39 is 24.9 Å². The largest absolute Gasteiger partial charge is 0.457 e. The van der Waals surface area contributed by atoms with Crippen LogP contribution in [-0.2, 0) is 6.42 Å². The summed E-state index contributed by atoms with van der Waals surface area (Å²) in [5.74, 6) is 2.03. The van der Waals surface area contributed by atoms with E-state index in [1.807, 2.05) is 24.3 Å². The highest BCUT2D eigenvalue weighted by Gasteiger charge is 2.27. The number of oxazole rings is 1. The Hall–Kier alpha value is -2.42. The summed E-state index contributed by atoms with van der Waals surface area (Å²) in [5, 5.41) is 28.9. The fourth-order valence-corrected chi connectivity index (χ4v) is 3.04. The second kappa shape index (κ2) is 11.3. The van der Waals surface area contributed by atoms with Crippen molar-refractivity contribution in [1.82, 2.24) is 4.98 Å². The average Bonchev–Trinajstić information content (AvgIpc) is 3.23. The van der Waals surface area contributed by atoms with Gasteiger partial charge in [-0.1, -0.05) is 19.1 Å². The third-order valence-corrected chi connectivity index (χ3v) is 4.90. The fraction of sp³-hybridized carbons (Fsp3) is 0.348. The van der Waals surface area contributed by atoms with Crippen molar-refractivity contribution in [3.05, 3.63) is 66.2 Å². The van der Waals surface area contributed by atoms with Gasteiger partial charge in [0, 0.05) is 12.0 Å². The molecule has 0 bridgehead atoms. The Morgan fingerprint density at radius 2 is 1.61 bits per heavy atom.